The Morgan fingerprint density at radius 3 is 1.86 bits per heavy atom. The van der Waals surface area contributed by atoms with Crippen molar-refractivity contribution in [1.29, 1.82) is 0 Å². The fourth-order valence-electron chi connectivity index (χ4n) is 2.91. The summed E-state index contributed by atoms with van der Waals surface area (Å²) in [5, 5.41) is 2.74. The standard InChI is InChI=1S/C21H34N2O5S/c1-12(2)18(8)23-19(24)11-28-20(25)9-10-22-29(26,27)21-16(6)14(4)13(3)15(5)17(21)7/h12,18,22H,9-11H2,1-8H3,(H,23,24). The van der Waals surface area contributed by atoms with Crippen LogP contribution in [0.5, 0.6) is 0 Å². The van der Waals surface area contributed by atoms with Gasteiger partial charge in [-0.3, -0.25) is 9.59 Å². The molecule has 1 aromatic carbocycles. The summed E-state index contributed by atoms with van der Waals surface area (Å²) in [6.07, 6.45) is -0.159. The smallest absolute Gasteiger partial charge is 0.307 e. The summed E-state index contributed by atoms with van der Waals surface area (Å²) in [7, 11) is -3.77. The van der Waals surface area contributed by atoms with Crippen LogP contribution in [0, 0.1) is 40.5 Å². The first-order chi connectivity index (χ1) is 13.3. The molecule has 0 saturated heterocycles. The van der Waals surface area contributed by atoms with Crippen LogP contribution in [0.4, 0.5) is 0 Å². The predicted molar refractivity (Wildman–Crippen MR) is 113 cm³/mol. The molecule has 0 aliphatic carbocycles. The first-order valence-corrected chi connectivity index (χ1v) is 11.3. The third kappa shape index (κ3) is 6.54. The molecule has 0 aliphatic rings. The van der Waals surface area contributed by atoms with Crippen molar-refractivity contribution in [1.82, 2.24) is 10.0 Å². The molecule has 0 fully saturated rings. The van der Waals surface area contributed by atoms with Gasteiger partial charge in [0, 0.05) is 12.6 Å². The molecule has 164 valence electrons. The summed E-state index contributed by atoms with van der Waals surface area (Å²) in [5.74, 6) is -0.744. The zero-order chi connectivity index (χ0) is 22.5. The van der Waals surface area contributed by atoms with Crippen molar-refractivity contribution in [2.75, 3.05) is 13.2 Å². The van der Waals surface area contributed by atoms with E-state index in [9.17, 15) is 18.0 Å². The van der Waals surface area contributed by atoms with Crippen LogP contribution >= 0.6 is 0 Å². The molecule has 1 unspecified atom stereocenters. The van der Waals surface area contributed by atoms with Gasteiger partial charge in [-0.2, -0.15) is 0 Å². The number of nitrogens with one attached hydrogen (secondary N) is 2. The van der Waals surface area contributed by atoms with Gasteiger partial charge in [0.05, 0.1) is 11.3 Å². The Morgan fingerprint density at radius 2 is 1.38 bits per heavy atom. The Balaban J connectivity index is 2.66. The molecule has 7 nitrogen and oxygen atoms in total. The molecule has 0 aromatic heterocycles. The number of hydrogen-bond donors (Lipinski definition) is 2. The van der Waals surface area contributed by atoms with E-state index in [1.54, 1.807) is 13.8 Å². The van der Waals surface area contributed by atoms with Crippen LogP contribution in [0.25, 0.3) is 0 Å². The van der Waals surface area contributed by atoms with E-state index in [4.69, 9.17) is 4.74 Å². The van der Waals surface area contributed by atoms with E-state index in [0.717, 1.165) is 16.7 Å². The highest BCUT2D eigenvalue weighted by Gasteiger charge is 2.23. The lowest BCUT2D eigenvalue weighted by molar-refractivity contribution is -0.148. The van der Waals surface area contributed by atoms with E-state index in [2.05, 4.69) is 10.0 Å². The molecule has 1 aromatic rings. The summed E-state index contributed by atoms with van der Waals surface area (Å²) in [6.45, 7) is 14.7. The van der Waals surface area contributed by atoms with Gasteiger partial charge in [0.15, 0.2) is 6.61 Å². The second-order valence-electron chi connectivity index (χ2n) is 7.86. The third-order valence-electron chi connectivity index (χ3n) is 5.57. The summed E-state index contributed by atoms with van der Waals surface area (Å²) in [4.78, 5) is 23.8. The third-order valence-corrected chi connectivity index (χ3v) is 7.31. The second kappa shape index (κ2) is 10.2. The molecule has 29 heavy (non-hydrogen) atoms. The molecule has 1 amide bonds. The molecule has 2 N–H and O–H groups in total. The lowest BCUT2D eigenvalue weighted by atomic mass is 9.95. The van der Waals surface area contributed by atoms with E-state index in [0.29, 0.717) is 11.1 Å². The average molecular weight is 427 g/mol. The van der Waals surface area contributed by atoms with E-state index >= 15 is 0 Å². The number of sulfonamides is 1. The van der Waals surface area contributed by atoms with Gasteiger partial charge in [-0.15, -0.1) is 0 Å². The zero-order valence-corrected chi connectivity index (χ0v) is 19.5. The molecule has 1 atom stereocenters. The van der Waals surface area contributed by atoms with Crippen LogP contribution < -0.4 is 10.0 Å². The van der Waals surface area contributed by atoms with Gasteiger partial charge < -0.3 is 10.1 Å². The second-order valence-corrected chi connectivity index (χ2v) is 9.57. The van der Waals surface area contributed by atoms with Crippen molar-refractivity contribution >= 4 is 21.9 Å². The highest BCUT2D eigenvalue weighted by Crippen LogP contribution is 2.29. The SMILES string of the molecule is Cc1c(C)c(C)c(S(=O)(=O)NCCC(=O)OCC(=O)NC(C)C(C)C)c(C)c1C. The number of carbonyl (C=O) groups excluding carboxylic acids is 2. The fraction of sp³-hybridized carbons (Fsp3) is 0.619. The number of rotatable bonds is 9. The van der Waals surface area contributed by atoms with Crippen molar-refractivity contribution in [2.24, 2.45) is 5.92 Å². The Bertz CT molecular complexity index is 847. The molecule has 0 radical (unpaired) electrons. The van der Waals surface area contributed by atoms with Gasteiger partial charge in [-0.05, 0) is 75.3 Å². The van der Waals surface area contributed by atoms with Crippen LogP contribution in [0.15, 0.2) is 4.90 Å². The minimum Gasteiger partial charge on any atom is -0.456 e. The fourth-order valence-corrected chi connectivity index (χ4v) is 4.54. The van der Waals surface area contributed by atoms with Crippen LogP contribution in [-0.4, -0.2) is 39.5 Å². The summed E-state index contributed by atoms with van der Waals surface area (Å²) < 4.78 is 33.0. The van der Waals surface area contributed by atoms with Crippen LogP contribution in [0.2, 0.25) is 0 Å². The number of esters is 1. The van der Waals surface area contributed by atoms with Gasteiger partial charge in [-0.25, -0.2) is 13.1 Å². The van der Waals surface area contributed by atoms with Crippen molar-refractivity contribution in [3.05, 3.63) is 27.8 Å². The molecular weight excluding hydrogens is 392 g/mol. The summed E-state index contributed by atoms with van der Waals surface area (Å²) in [5.41, 5.74) is 4.37. The Morgan fingerprint density at radius 1 is 0.897 bits per heavy atom. The van der Waals surface area contributed by atoms with Gasteiger partial charge in [0.1, 0.15) is 0 Å². The minimum atomic E-state index is -3.77. The predicted octanol–water partition coefficient (Wildman–Crippen LogP) is 2.60. The molecule has 1 rings (SSSR count). The quantitative estimate of drug-likeness (QED) is 0.591. The van der Waals surface area contributed by atoms with Crippen LogP contribution in [0.1, 0.15) is 55.0 Å². The maximum atomic E-state index is 12.8. The number of hydrogen-bond acceptors (Lipinski definition) is 5. The van der Waals surface area contributed by atoms with E-state index < -0.39 is 16.0 Å². The van der Waals surface area contributed by atoms with Gasteiger partial charge in [-0.1, -0.05) is 13.8 Å². The highest BCUT2D eigenvalue weighted by atomic mass is 32.2. The Hall–Kier alpha value is -1.93. The highest BCUT2D eigenvalue weighted by molar-refractivity contribution is 7.89. The summed E-state index contributed by atoms with van der Waals surface area (Å²) >= 11 is 0. The average Bonchev–Trinajstić information content (AvgIpc) is 2.62. The van der Waals surface area contributed by atoms with E-state index in [1.807, 2.05) is 41.5 Å². The molecule has 0 aliphatic heterocycles. The maximum Gasteiger partial charge on any atom is 0.307 e. The van der Waals surface area contributed by atoms with Crippen LogP contribution in [-0.2, 0) is 24.3 Å². The lowest BCUT2D eigenvalue weighted by Crippen LogP contribution is -2.38. The normalized spacial score (nSPS) is 12.7. The molecule has 0 saturated carbocycles. The van der Waals surface area contributed by atoms with Gasteiger partial charge in [0.25, 0.3) is 5.91 Å². The van der Waals surface area contributed by atoms with Gasteiger partial charge in [0.2, 0.25) is 10.0 Å². The number of ether oxygens (including phenoxy) is 1. The number of amides is 1. The number of carbonyl (C=O) groups is 2. The zero-order valence-electron chi connectivity index (χ0n) is 18.7. The molecule has 0 spiro atoms. The molecule has 8 heteroatoms. The largest absolute Gasteiger partial charge is 0.456 e. The topological polar surface area (TPSA) is 102 Å². The Labute approximate surface area is 174 Å². The molecule has 0 heterocycles. The first kappa shape index (κ1) is 25.1. The number of benzene rings is 1. The van der Waals surface area contributed by atoms with E-state index in [-0.39, 0.29) is 42.3 Å². The van der Waals surface area contributed by atoms with Crippen molar-refractivity contribution < 1.29 is 22.7 Å². The minimum absolute atomic E-state index is 0.0269. The molecular formula is C21H34N2O5S. The summed E-state index contributed by atoms with van der Waals surface area (Å²) in [6, 6.07) is -0.0269. The van der Waals surface area contributed by atoms with Crippen molar-refractivity contribution in [3.63, 3.8) is 0 Å². The Kier molecular flexibility index (Phi) is 8.84. The monoisotopic (exact) mass is 426 g/mol. The van der Waals surface area contributed by atoms with Crippen molar-refractivity contribution in [3.8, 4) is 0 Å². The van der Waals surface area contributed by atoms with Gasteiger partial charge >= 0.3 is 5.97 Å². The van der Waals surface area contributed by atoms with Crippen LogP contribution in [0.3, 0.4) is 0 Å². The maximum absolute atomic E-state index is 12.8. The van der Waals surface area contributed by atoms with E-state index in [1.165, 1.54) is 0 Å². The first-order valence-electron chi connectivity index (χ1n) is 9.81. The lowest BCUT2D eigenvalue weighted by Gasteiger charge is -2.19. The van der Waals surface area contributed by atoms with Crippen molar-refractivity contribution in [2.45, 2.75) is 72.7 Å². The molecule has 0 bridgehead atoms.